The van der Waals surface area contributed by atoms with E-state index >= 15 is 0 Å². The molecule has 0 bridgehead atoms. The van der Waals surface area contributed by atoms with Gasteiger partial charge >= 0.3 is 5.69 Å². The van der Waals surface area contributed by atoms with Gasteiger partial charge in [0.25, 0.3) is 11.5 Å². The van der Waals surface area contributed by atoms with E-state index in [0.29, 0.717) is 17.0 Å². The maximum Gasteiger partial charge on any atom is 0.327 e. The first-order chi connectivity index (χ1) is 9.16. The predicted molar refractivity (Wildman–Crippen MR) is 66.1 cm³/mol. The average molecular weight is 254 g/mol. The molecule has 0 amide bonds. The molecule has 1 aliphatic rings. The molecule has 0 saturated carbocycles. The van der Waals surface area contributed by atoms with Gasteiger partial charge < -0.3 is 0 Å². The average Bonchev–Trinajstić information content (AvgIpc) is 2.87. The van der Waals surface area contributed by atoms with Crippen LogP contribution < -0.4 is 11.2 Å². The van der Waals surface area contributed by atoms with E-state index < -0.39 is 11.2 Å². The molecule has 1 aromatic carbocycles. The molecule has 3 heterocycles. The summed E-state index contributed by atoms with van der Waals surface area (Å²) in [5, 5.41) is 0. The van der Waals surface area contributed by atoms with Crippen LogP contribution >= 0.6 is 0 Å². The Labute approximate surface area is 104 Å². The molecule has 0 saturated heterocycles. The number of carbonyl (C=O) groups excluding carboxylic acids is 1. The molecule has 0 aliphatic carbocycles. The number of hydrogen-bond acceptors (Lipinski definition) is 4. The summed E-state index contributed by atoms with van der Waals surface area (Å²) < 4.78 is 1.23. The minimum absolute atomic E-state index is 0.0656. The Morgan fingerprint density at radius 2 is 1.74 bits per heavy atom. The number of benzene rings is 1. The fraction of sp³-hybridized carbons (Fsp3) is 0. The zero-order valence-corrected chi connectivity index (χ0v) is 9.43. The van der Waals surface area contributed by atoms with Crippen molar-refractivity contribution in [1.29, 1.82) is 0 Å². The lowest BCUT2D eigenvalue weighted by Crippen LogP contribution is -2.24. The Morgan fingerprint density at radius 1 is 1.00 bits per heavy atom. The van der Waals surface area contributed by atoms with Crippen molar-refractivity contribution in [3.8, 4) is 11.4 Å². The quantitative estimate of drug-likeness (QED) is 0.464. The van der Waals surface area contributed by atoms with E-state index in [1.165, 1.54) is 4.57 Å². The Kier molecular flexibility index (Phi) is 1.62. The van der Waals surface area contributed by atoms with Crippen molar-refractivity contribution < 1.29 is 4.79 Å². The van der Waals surface area contributed by atoms with Gasteiger partial charge in [0.1, 0.15) is 0 Å². The van der Waals surface area contributed by atoms with Crippen molar-refractivity contribution >= 4 is 17.1 Å². The largest absolute Gasteiger partial charge is 0.327 e. The number of imidazole rings is 1. The number of H-pyrrole nitrogens is 2. The summed E-state index contributed by atoms with van der Waals surface area (Å²) in [5.74, 6) is 0.0635. The Bertz CT molecular complexity index is 977. The van der Waals surface area contributed by atoms with Gasteiger partial charge in [-0.05, 0) is 6.07 Å². The van der Waals surface area contributed by atoms with Crippen LogP contribution in [0.1, 0.15) is 10.4 Å². The summed E-state index contributed by atoms with van der Waals surface area (Å²) in [6, 6.07) is 6.97. The standard InChI is InChI=1S/C12H6N4O3/c17-10-7-8(14-12(19)15-10)13-9-5-3-1-2-4-6(5)11(18)16(7)9/h1-4H,(H2,14,15,17,19). The van der Waals surface area contributed by atoms with E-state index in [-0.39, 0.29) is 17.1 Å². The van der Waals surface area contributed by atoms with E-state index in [2.05, 4.69) is 15.0 Å². The fourth-order valence-electron chi connectivity index (χ4n) is 2.38. The SMILES string of the molecule is O=C1c2ccccc2-c2nc3[nH]c(=O)[nH]c(=O)c3n21. The van der Waals surface area contributed by atoms with Crippen molar-refractivity contribution in [2.45, 2.75) is 0 Å². The minimum Gasteiger partial charge on any atom is -0.290 e. The molecule has 2 aromatic heterocycles. The summed E-state index contributed by atoms with van der Waals surface area (Å²) in [5.41, 5.74) is 0.0671. The highest BCUT2D eigenvalue weighted by Crippen LogP contribution is 2.32. The third-order valence-corrected chi connectivity index (χ3v) is 3.15. The molecular formula is C12H6N4O3. The van der Waals surface area contributed by atoms with Crippen LogP contribution in [0.3, 0.4) is 0 Å². The molecule has 0 fully saturated rings. The molecule has 4 rings (SSSR count). The summed E-state index contributed by atoms with van der Waals surface area (Å²) >= 11 is 0. The Hall–Kier alpha value is -2.96. The number of nitrogens with one attached hydrogen (secondary N) is 2. The van der Waals surface area contributed by atoms with Crippen LogP contribution in [0.4, 0.5) is 0 Å². The number of fused-ring (bicyclic) bond motifs is 5. The number of aromatic amines is 2. The zero-order chi connectivity index (χ0) is 13.1. The smallest absolute Gasteiger partial charge is 0.290 e. The first-order valence-corrected chi connectivity index (χ1v) is 5.56. The van der Waals surface area contributed by atoms with Gasteiger partial charge in [0.2, 0.25) is 0 Å². The van der Waals surface area contributed by atoms with Crippen LogP contribution in [0, 0.1) is 0 Å². The Balaban J connectivity index is 2.25. The molecule has 0 unspecified atom stereocenters. The molecule has 2 N–H and O–H groups in total. The summed E-state index contributed by atoms with van der Waals surface area (Å²) in [4.78, 5) is 44.0. The van der Waals surface area contributed by atoms with Crippen molar-refractivity contribution in [2.75, 3.05) is 0 Å². The topological polar surface area (TPSA) is 101 Å². The van der Waals surface area contributed by atoms with Crippen LogP contribution in [0.2, 0.25) is 0 Å². The molecule has 92 valence electrons. The number of nitrogens with zero attached hydrogens (tertiary/aromatic N) is 2. The lowest BCUT2D eigenvalue weighted by Gasteiger charge is -1.96. The van der Waals surface area contributed by atoms with E-state index in [9.17, 15) is 14.4 Å². The van der Waals surface area contributed by atoms with Gasteiger partial charge in [0.05, 0.1) is 5.56 Å². The first-order valence-electron chi connectivity index (χ1n) is 5.56. The number of hydrogen-bond donors (Lipinski definition) is 2. The van der Waals surface area contributed by atoms with Crippen molar-refractivity contribution in [1.82, 2.24) is 19.5 Å². The first kappa shape index (κ1) is 10.0. The highest BCUT2D eigenvalue weighted by atomic mass is 16.2. The van der Waals surface area contributed by atoms with Crippen molar-refractivity contribution in [3.05, 3.63) is 50.7 Å². The maximum atomic E-state index is 12.3. The fourth-order valence-corrected chi connectivity index (χ4v) is 2.38. The van der Waals surface area contributed by atoms with Crippen LogP contribution in [0.15, 0.2) is 33.9 Å². The predicted octanol–water partition coefficient (Wildman–Crippen LogP) is 0.0818. The van der Waals surface area contributed by atoms with Gasteiger partial charge in [-0.15, -0.1) is 0 Å². The van der Waals surface area contributed by atoms with Gasteiger partial charge in [-0.25, -0.2) is 9.78 Å². The van der Waals surface area contributed by atoms with Crippen LogP contribution in [0.25, 0.3) is 22.6 Å². The lowest BCUT2D eigenvalue weighted by atomic mass is 10.1. The van der Waals surface area contributed by atoms with Crippen LogP contribution in [-0.2, 0) is 0 Å². The van der Waals surface area contributed by atoms with Crippen molar-refractivity contribution in [3.63, 3.8) is 0 Å². The third kappa shape index (κ3) is 1.11. The number of rotatable bonds is 0. The number of aromatic nitrogens is 4. The normalized spacial score (nSPS) is 12.7. The summed E-state index contributed by atoms with van der Waals surface area (Å²) in [7, 11) is 0. The summed E-state index contributed by atoms with van der Waals surface area (Å²) in [6.45, 7) is 0. The van der Waals surface area contributed by atoms with Gasteiger partial charge in [-0.3, -0.25) is 24.1 Å². The minimum atomic E-state index is -0.644. The maximum absolute atomic E-state index is 12.3. The molecule has 1 aliphatic heterocycles. The highest BCUT2D eigenvalue weighted by molar-refractivity contribution is 6.12. The van der Waals surface area contributed by atoms with E-state index in [4.69, 9.17) is 0 Å². The summed E-state index contributed by atoms with van der Waals surface area (Å²) in [6.07, 6.45) is 0. The van der Waals surface area contributed by atoms with Crippen LogP contribution in [0.5, 0.6) is 0 Å². The molecular weight excluding hydrogens is 248 g/mol. The molecule has 0 spiro atoms. The molecule has 0 atom stereocenters. The van der Waals surface area contributed by atoms with Gasteiger partial charge in [-0.2, -0.15) is 0 Å². The molecule has 7 heteroatoms. The van der Waals surface area contributed by atoms with E-state index in [1.54, 1.807) is 24.3 Å². The second kappa shape index (κ2) is 3.08. The highest BCUT2D eigenvalue weighted by Gasteiger charge is 2.31. The lowest BCUT2D eigenvalue weighted by molar-refractivity contribution is 0.0973. The van der Waals surface area contributed by atoms with Crippen LogP contribution in [-0.4, -0.2) is 25.4 Å². The molecule has 0 radical (unpaired) electrons. The second-order valence-corrected chi connectivity index (χ2v) is 4.23. The molecule has 19 heavy (non-hydrogen) atoms. The Morgan fingerprint density at radius 3 is 2.53 bits per heavy atom. The van der Waals surface area contributed by atoms with E-state index in [0.717, 1.165) is 0 Å². The molecule has 3 aromatic rings. The van der Waals surface area contributed by atoms with Gasteiger partial charge in [0, 0.05) is 5.56 Å². The molecule has 7 nitrogen and oxygen atoms in total. The number of carbonyl (C=O) groups is 1. The van der Waals surface area contributed by atoms with E-state index in [1.807, 2.05) is 0 Å². The third-order valence-electron chi connectivity index (χ3n) is 3.15. The monoisotopic (exact) mass is 254 g/mol. The zero-order valence-electron chi connectivity index (χ0n) is 9.43. The van der Waals surface area contributed by atoms with Gasteiger partial charge in [0.15, 0.2) is 17.0 Å². The van der Waals surface area contributed by atoms with Crippen molar-refractivity contribution in [2.24, 2.45) is 0 Å². The van der Waals surface area contributed by atoms with Gasteiger partial charge in [-0.1, -0.05) is 18.2 Å². The second-order valence-electron chi connectivity index (χ2n) is 4.23.